The SMILES string of the molecule is CCOCCCNC(=NCc1ccc(OC)cc1)NCC1CCN(C(=O)OC(C)(C)C)C1.I. The quantitative estimate of drug-likeness (QED) is 0.190. The Kier molecular flexibility index (Phi) is 13.5. The van der Waals surface area contributed by atoms with E-state index < -0.39 is 5.60 Å². The van der Waals surface area contributed by atoms with Gasteiger partial charge in [-0.2, -0.15) is 0 Å². The van der Waals surface area contributed by atoms with E-state index in [1.165, 1.54) is 0 Å². The lowest BCUT2D eigenvalue weighted by Gasteiger charge is -2.24. The highest BCUT2D eigenvalue weighted by atomic mass is 127. The molecule has 0 spiro atoms. The van der Waals surface area contributed by atoms with E-state index in [0.29, 0.717) is 19.0 Å². The first-order valence-electron chi connectivity index (χ1n) is 11.5. The summed E-state index contributed by atoms with van der Waals surface area (Å²) in [7, 11) is 1.66. The number of amides is 1. The number of nitrogens with one attached hydrogen (secondary N) is 2. The van der Waals surface area contributed by atoms with Crippen molar-refractivity contribution < 1.29 is 19.0 Å². The Bertz CT molecular complexity index is 722. The summed E-state index contributed by atoms with van der Waals surface area (Å²) in [5.74, 6) is 1.97. The maximum atomic E-state index is 12.3. The Hall–Kier alpha value is -1.75. The molecule has 1 amide bonds. The van der Waals surface area contributed by atoms with E-state index in [1.807, 2.05) is 52.0 Å². The molecule has 1 aliphatic heterocycles. The second-order valence-corrected chi connectivity index (χ2v) is 8.95. The van der Waals surface area contributed by atoms with Crippen LogP contribution >= 0.6 is 24.0 Å². The van der Waals surface area contributed by atoms with Gasteiger partial charge in [-0.1, -0.05) is 12.1 Å². The Morgan fingerprint density at radius 3 is 2.58 bits per heavy atom. The zero-order valence-electron chi connectivity index (χ0n) is 20.7. The van der Waals surface area contributed by atoms with Gasteiger partial charge in [0.25, 0.3) is 0 Å². The van der Waals surface area contributed by atoms with Crippen LogP contribution in [0.3, 0.4) is 0 Å². The summed E-state index contributed by atoms with van der Waals surface area (Å²) in [6.07, 6.45) is 1.62. The number of hydrogen-bond acceptors (Lipinski definition) is 5. The Morgan fingerprint density at radius 1 is 1.21 bits per heavy atom. The van der Waals surface area contributed by atoms with Gasteiger partial charge in [0, 0.05) is 39.4 Å². The minimum Gasteiger partial charge on any atom is -0.497 e. The number of rotatable bonds is 10. The third kappa shape index (κ3) is 11.8. The molecule has 2 N–H and O–H groups in total. The van der Waals surface area contributed by atoms with Crippen molar-refractivity contribution in [2.45, 2.75) is 52.7 Å². The van der Waals surface area contributed by atoms with Crippen molar-refractivity contribution in [1.82, 2.24) is 15.5 Å². The van der Waals surface area contributed by atoms with Gasteiger partial charge in [-0.05, 0) is 64.2 Å². The predicted octanol–water partition coefficient (Wildman–Crippen LogP) is 4.03. The number of benzene rings is 1. The lowest BCUT2D eigenvalue weighted by Crippen LogP contribution is -2.41. The largest absolute Gasteiger partial charge is 0.497 e. The van der Waals surface area contributed by atoms with Crippen LogP contribution in [-0.4, -0.2) is 69.1 Å². The van der Waals surface area contributed by atoms with Gasteiger partial charge >= 0.3 is 6.09 Å². The van der Waals surface area contributed by atoms with Gasteiger partial charge in [0.1, 0.15) is 11.4 Å². The molecule has 188 valence electrons. The molecule has 1 aliphatic rings. The molecule has 0 radical (unpaired) electrons. The highest BCUT2D eigenvalue weighted by Gasteiger charge is 2.29. The van der Waals surface area contributed by atoms with Crippen molar-refractivity contribution in [2.24, 2.45) is 10.9 Å². The van der Waals surface area contributed by atoms with Gasteiger partial charge < -0.3 is 29.7 Å². The second kappa shape index (κ2) is 15.2. The van der Waals surface area contributed by atoms with E-state index in [1.54, 1.807) is 12.0 Å². The number of aliphatic imine (C=N–C) groups is 1. The average molecular weight is 577 g/mol. The molecular weight excluding hydrogens is 535 g/mol. The summed E-state index contributed by atoms with van der Waals surface area (Å²) >= 11 is 0. The van der Waals surface area contributed by atoms with Gasteiger partial charge in [0.15, 0.2) is 5.96 Å². The molecule has 0 aliphatic carbocycles. The lowest BCUT2D eigenvalue weighted by atomic mass is 10.1. The Labute approximate surface area is 215 Å². The maximum Gasteiger partial charge on any atom is 0.410 e. The van der Waals surface area contributed by atoms with E-state index in [-0.39, 0.29) is 30.1 Å². The van der Waals surface area contributed by atoms with Gasteiger partial charge in [0.2, 0.25) is 0 Å². The van der Waals surface area contributed by atoms with Crippen molar-refractivity contribution in [3.63, 3.8) is 0 Å². The minimum absolute atomic E-state index is 0. The third-order valence-electron chi connectivity index (χ3n) is 5.04. The monoisotopic (exact) mass is 576 g/mol. The van der Waals surface area contributed by atoms with Gasteiger partial charge in [0.05, 0.1) is 13.7 Å². The van der Waals surface area contributed by atoms with Crippen molar-refractivity contribution >= 4 is 36.0 Å². The van der Waals surface area contributed by atoms with Crippen molar-refractivity contribution in [3.8, 4) is 5.75 Å². The maximum absolute atomic E-state index is 12.3. The fourth-order valence-electron chi connectivity index (χ4n) is 3.33. The summed E-state index contributed by atoms with van der Waals surface area (Å²) in [5.41, 5.74) is 0.637. The molecule has 0 bridgehead atoms. The fourth-order valence-corrected chi connectivity index (χ4v) is 3.33. The van der Waals surface area contributed by atoms with Gasteiger partial charge in [-0.15, -0.1) is 24.0 Å². The molecule has 0 aromatic heterocycles. The molecular formula is C24H41IN4O4. The summed E-state index contributed by atoms with van der Waals surface area (Å²) in [6, 6.07) is 7.92. The summed E-state index contributed by atoms with van der Waals surface area (Å²) in [5, 5.41) is 6.84. The summed E-state index contributed by atoms with van der Waals surface area (Å²) < 4.78 is 16.1. The number of carbonyl (C=O) groups excluding carboxylic acids is 1. The number of guanidine groups is 1. The van der Waals surface area contributed by atoms with E-state index in [9.17, 15) is 4.79 Å². The smallest absolute Gasteiger partial charge is 0.410 e. The van der Waals surface area contributed by atoms with Crippen LogP contribution in [0.1, 0.15) is 46.1 Å². The zero-order chi connectivity index (χ0) is 23.4. The van der Waals surface area contributed by atoms with Crippen molar-refractivity contribution in [3.05, 3.63) is 29.8 Å². The number of hydrogen-bond donors (Lipinski definition) is 2. The molecule has 33 heavy (non-hydrogen) atoms. The highest BCUT2D eigenvalue weighted by molar-refractivity contribution is 14.0. The molecule has 1 unspecified atom stereocenters. The van der Waals surface area contributed by atoms with Crippen LogP contribution in [0.5, 0.6) is 5.75 Å². The van der Waals surface area contributed by atoms with E-state index in [2.05, 4.69) is 10.6 Å². The number of halogens is 1. The molecule has 8 nitrogen and oxygen atoms in total. The molecule has 1 fully saturated rings. The molecule has 2 rings (SSSR count). The minimum atomic E-state index is -0.472. The summed E-state index contributed by atoms with van der Waals surface area (Å²) in [4.78, 5) is 18.8. The zero-order valence-corrected chi connectivity index (χ0v) is 23.0. The van der Waals surface area contributed by atoms with Gasteiger partial charge in [-0.3, -0.25) is 0 Å². The first kappa shape index (κ1) is 29.3. The lowest BCUT2D eigenvalue weighted by molar-refractivity contribution is 0.0288. The van der Waals surface area contributed by atoms with Crippen molar-refractivity contribution in [2.75, 3.05) is 46.5 Å². The number of methoxy groups -OCH3 is 1. The van der Waals surface area contributed by atoms with Crippen LogP contribution in [0.2, 0.25) is 0 Å². The van der Waals surface area contributed by atoms with Crippen LogP contribution in [0.15, 0.2) is 29.3 Å². The average Bonchev–Trinajstić information content (AvgIpc) is 3.23. The number of likely N-dealkylation sites (tertiary alicyclic amines) is 1. The standard InChI is InChI=1S/C24H40N4O4.HI/c1-6-31-15-7-13-25-22(26-16-19-8-10-21(30-5)11-9-19)27-17-20-12-14-28(18-20)23(29)32-24(2,3)4;/h8-11,20H,6-7,12-18H2,1-5H3,(H2,25,26,27);1H. The highest BCUT2D eigenvalue weighted by Crippen LogP contribution is 2.19. The molecule has 9 heteroatoms. The van der Waals surface area contributed by atoms with Crippen LogP contribution in [0.25, 0.3) is 0 Å². The predicted molar refractivity (Wildman–Crippen MR) is 143 cm³/mol. The molecule has 0 saturated carbocycles. The van der Waals surface area contributed by atoms with Crippen LogP contribution in [-0.2, 0) is 16.0 Å². The van der Waals surface area contributed by atoms with Crippen molar-refractivity contribution in [1.29, 1.82) is 0 Å². The van der Waals surface area contributed by atoms with E-state index in [4.69, 9.17) is 19.2 Å². The number of carbonyl (C=O) groups is 1. The Balaban J connectivity index is 0.00000544. The molecule has 1 aromatic rings. The molecule has 1 saturated heterocycles. The fraction of sp³-hybridized carbons (Fsp3) is 0.667. The normalized spacial score (nSPS) is 16.2. The second-order valence-electron chi connectivity index (χ2n) is 8.95. The van der Waals surface area contributed by atoms with Gasteiger partial charge in [-0.25, -0.2) is 9.79 Å². The van der Waals surface area contributed by atoms with E-state index in [0.717, 1.165) is 63.0 Å². The Morgan fingerprint density at radius 2 is 1.94 bits per heavy atom. The molecule has 1 atom stereocenters. The summed E-state index contributed by atoms with van der Waals surface area (Å²) in [6.45, 7) is 12.6. The molecule has 1 heterocycles. The third-order valence-corrected chi connectivity index (χ3v) is 5.04. The topological polar surface area (TPSA) is 84.4 Å². The molecule has 1 aromatic carbocycles. The van der Waals surface area contributed by atoms with Crippen LogP contribution in [0, 0.1) is 5.92 Å². The number of ether oxygens (including phenoxy) is 3. The first-order valence-corrected chi connectivity index (χ1v) is 11.5. The van der Waals surface area contributed by atoms with E-state index >= 15 is 0 Å². The first-order chi connectivity index (χ1) is 15.3. The van der Waals surface area contributed by atoms with Crippen LogP contribution in [0.4, 0.5) is 4.79 Å². The van der Waals surface area contributed by atoms with Crippen LogP contribution < -0.4 is 15.4 Å². The number of nitrogens with zero attached hydrogens (tertiary/aromatic N) is 2.